The quantitative estimate of drug-likeness (QED) is 0.880. The molecule has 1 atom stereocenters. The number of rotatable bonds is 4. The van der Waals surface area contributed by atoms with E-state index in [9.17, 15) is 0 Å². The van der Waals surface area contributed by atoms with Gasteiger partial charge in [-0.3, -0.25) is 0 Å². The molecule has 0 aliphatic carbocycles. The van der Waals surface area contributed by atoms with Gasteiger partial charge in [-0.1, -0.05) is 45.0 Å². The average molecular weight is 322 g/mol. The summed E-state index contributed by atoms with van der Waals surface area (Å²) in [5, 5.41) is 0. The minimum Gasteiger partial charge on any atom is -0.452 e. The van der Waals surface area contributed by atoms with Gasteiger partial charge in [-0.2, -0.15) is 0 Å². The minimum absolute atomic E-state index is 0.205. The van der Waals surface area contributed by atoms with Crippen LogP contribution in [0, 0.1) is 0 Å². The first-order chi connectivity index (χ1) is 8.94. The molecule has 0 saturated carbocycles. The Morgan fingerprint density at radius 2 is 1.79 bits per heavy atom. The Balaban J connectivity index is 2.23. The Morgan fingerprint density at radius 3 is 2.26 bits per heavy atom. The number of halogens is 1. The second kappa shape index (κ2) is 5.51. The molecule has 2 rings (SSSR count). The molecule has 0 bridgehead atoms. The molecule has 102 valence electrons. The van der Waals surface area contributed by atoms with E-state index in [2.05, 4.69) is 61.0 Å². The van der Waals surface area contributed by atoms with E-state index in [-0.39, 0.29) is 11.5 Å². The van der Waals surface area contributed by atoms with Gasteiger partial charge in [0.2, 0.25) is 0 Å². The molecule has 0 radical (unpaired) electrons. The van der Waals surface area contributed by atoms with Crippen LogP contribution >= 0.6 is 15.9 Å². The molecular formula is C16H20BrNO. The van der Waals surface area contributed by atoms with E-state index >= 15 is 0 Å². The highest BCUT2D eigenvalue weighted by atomic mass is 79.9. The summed E-state index contributed by atoms with van der Waals surface area (Å²) in [6.45, 7) is 6.72. The Bertz CT molecular complexity index is 542. The Labute approximate surface area is 123 Å². The topological polar surface area (TPSA) is 39.2 Å². The van der Waals surface area contributed by atoms with Crippen molar-refractivity contribution < 1.29 is 4.42 Å². The van der Waals surface area contributed by atoms with Gasteiger partial charge in [0.1, 0.15) is 5.76 Å². The predicted molar refractivity (Wildman–Crippen MR) is 82.2 cm³/mol. The van der Waals surface area contributed by atoms with Crippen molar-refractivity contribution in [3.8, 4) is 0 Å². The molecule has 2 nitrogen and oxygen atoms in total. The molecule has 1 aromatic heterocycles. The number of hydrogen-bond donors (Lipinski definition) is 1. The molecular weight excluding hydrogens is 302 g/mol. The third-order valence-corrected chi connectivity index (χ3v) is 4.26. The van der Waals surface area contributed by atoms with Gasteiger partial charge in [0.15, 0.2) is 4.67 Å². The summed E-state index contributed by atoms with van der Waals surface area (Å²) < 4.78 is 6.22. The van der Waals surface area contributed by atoms with Crippen LogP contribution in [-0.4, -0.2) is 0 Å². The van der Waals surface area contributed by atoms with Crippen molar-refractivity contribution in [1.82, 2.24) is 0 Å². The summed E-state index contributed by atoms with van der Waals surface area (Å²) in [4.78, 5) is 0. The lowest BCUT2D eigenvalue weighted by Gasteiger charge is -2.23. The SMILES string of the molecule is CCC(C)(C)c1ccc(C(N)c2ccc(Br)o2)cc1. The van der Waals surface area contributed by atoms with Gasteiger partial charge >= 0.3 is 0 Å². The molecule has 19 heavy (non-hydrogen) atoms. The van der Waals surface area contributed by atoms with E-state index in [1.54, 1.807) is 0 Å². The second-order valence-corrected chi connectivity index (χ2v) is 6.26. The molecule has 2 N–H and O–H groups in total. The zero-order valence-corrected chi connectivity index (χ0v) is 13.2. The van der Waals surface area contributed by atoms with Crippen LogP contribution < -0.4 is 5.73 Å². The lowest BCUT2D eigenvalue weighted by atomic mass is 9.82. The van der Waals surface area contributed by atoms with Crippen molar-refractivity contribution in [1.29, 1.82) is 0 Å². The second-order valence-electron chi connectivity index (χ2n) is 5.48. The summed E-state index contributed by atoms with van der Waals surface area (Å²) in [6, 6.07) is 12.1. The molecule has 0 saturated heterocycles. The fourth-order valence-electron chi connectivity index (χ4n) is 2.01. The number of furan rings is 1. The largest absolute Gasteiger partial charge is 0.452 e. The molecule has 1 aromatic carbocycles. The van der Waals surface area contributed by atoms with Crippen LogP contribution in [0.1, 0.15) is 50.1 Å². The zero-order chi connectivity index (χ0) is 14.0. The molecule has 0 fully saturated rings. The van der Waals surface area contributed by atoms with Gasteiger partial charge in [-0.25, -0.2) is 0 Å². The first-order valence-corrected chi connectivity index (χ1v) is 7.34. The Hall–Kier alpha value is -1.06. The Kier molecular flexibility index (Phi) is 4.16. The highest BCUT2D eigenvalue weighted by Crippen LogP contribution is 2.29. The van der Waals surface area contributed by atoms with Crippen LogP contribution in [0.15, 0.2) is 45.5 Å². The van der Waals surface area contributed by atoms with E-state index in [1.165, 1.54) is 5.56 Å². The smallest absolute Gasteiger partial charge is 0.169 e. The highest BCUT2D eigenvalue weighted by molar-refractivity contribution is 9.10. The molecule has 0 amide bonds. The average Bonchev–Trinajstić information content (AvgIpc) is 2.85. The first kappa shape index (κ1) is 14.4. The monoisotopic (exact) mass is 321 g/mol. The van der Waals surface area contributed by atoms with Gasteiger partial charge in [0, 0.05) is 0 Å². The molecule has 2 aromatic rings. The summed E-state index contributed by atoms with van der Waals surface area (Å²) in [5.41, 5.74) is 8.82. The lowest BCUT2D eigenvalue weighted by molar-refractivity contribution is 0.470. The van der Waals surface area contributed by atoms with Crippen molar-refractivity contribution >= 4 is 15.9 Å². The van der Waals surface area contributed by atoms with Gasteiger partial charge in [-0.05, 0) is 51.0 Å². The normalized spacial score (nSPS) is 13.5. The molecule has 3 heteroatoms. The standard InChI is InChI=1S/C16H20BrNO/c1-4-16(2,3)12-7-5-11(6-8-12)15(18)13-9-10-14(17)19-13/h5-10,15H,4,18H2,1-3H3. The molecule has 1 heterocycles. The minimum atomic E-state index is -0.218. The van der Waals surface area contributed by atoms with E-state index in [4.69, 9.17) is 10.2 Å². The number of benzene rings is 1. The number of hydrogen-bond acceptors (Lipinski definition) is 2. The van der Waals surface area contributed by atoms with E-state index < -0.39 is 0 Å². The summed E-state index contributed by atoms with van der Waals surface area (Å²) >= 11 is 3.30. The fraction of sp³-hybridized carbons (Fsp3) is 0.375. The zero-order valence-electron chi connectivity index (χ0n) is 11.6. The van der Waals surface area contributed by atoms with Gasteiger partial charge in [-0.15, -0.1) is 0 Å². The maximum atomic E-state index is 6.21. The predicted octanol–water partition coefficient (Wildman–Crippen LogP) is 4.78. The fourth-order valence-corrected chi connectivity index (χ4v) is 2.32. The molecule has 0 aliphatic heterocycles. The van der Waals surface area contributed by atoms with Crippen molar-refractivity contribution in [2.45, 2.75) is 38.6 Å². The van der Waals surface area contributed by atoms with Crippen LogP contribution in [0.3, 0.4) is 0 Å². The van der Waals surface area contributed by atoms with Crippen LogP contribution in [0.2, 0.25) is 0 Å². The van der Waals surface area contributed by atoms with Crippen molar-refractivity contribution in [3.05, 3.63) is 58.0 Å². The summed E-state index contributed by atoms with van der Waals surface area (Å²) in [7, 11) is 0. The van der Waals surface area contributed by atoms with Gasteiger partial charge in [0.05, 0.1) is 6.04 Å². The summed E-state index contributed by atoms with van der Waals surface area (Å²) in [6.07, 6.45) is 1.11. The third kappa shape index (κ3) is 3.10. The molecule has 0 spiro atoms. The van der Waals surface area contributed by atoms with Crippen LogP contribution in [-0.2, 0) is 5.41 Å². The van der Waals surface area contributed by atoms with Crippen molar-refractivity contribution in [3.63, 3.8) is 0 Å². The van der Waals surface area contributed by atoms with E-state index in [0.717, 1.165) is 17.7 Å². The molecule has 0 aliphatic rings. The van der Waals surface area contributed by atoms with Gasteiger partial charge in [0.25, 0.3) is 0 Å². The maximum absolute atomic E-state index is 6.21. The first-order valence-electron chi connectivity index (χ1n) is 6.55. The highest BCUT2D eigenvalue weighted by Gasteiger charge is 2.19. The van der Waals surface area contributed by atoms with Crippen LogP contribution in [0.5, 0.6) is 0 Å². The third-order valence-electron chi connectivity index (χ3n) is 3.84. The van der Waals surface area contributed by atoms with Crippen molar-refractivity contribution in [2.75, 3.05) is 0 Å². The molecule has 1 unspecified atom stereocenters. The van der Waals surface area contributed by atoms with Crippen LogP contribution in [0.4, 0.5) is 0 Å². The van der Waals surface area contributed by atoms with Crippen LogP contribution in [0.25, 0.3) is 0 Å². The van der Waals surface area contributed by atoms with E-state index in [1.807, 2.05) is 12.1 Å². The maximum Gasteiger partial charge on any atom is 0.169 e. The van der Waals surface area contributed by atoms with E-state index in [0.29, 0.717) is 4.67 Å². The number of nitrogens with two attached hydrogens (primary N) is 1. The van der Waals surface area contributed by atoms with Crippen molar-refractivity contribution in [2.24, 2.45) is 5.73 Å². The summed E-state index contributed by atoms with van der Waals surface area (Å²) in [5.74, 6) is 0.773. The van der Waals surface area contributed by atoms with Gasteiger partial charge < -0.3 is 10.2 Å². The Morgan fingerprint density at radius 1 is 1.16 bits per heavy atom. The lowest BCUT2D eigenvalue weighted by Crippen LogP contribution is -2.16.